The second kappa shape index (κ2) is 10.3. The van der Waals surface area contributed by atoms with Gasteiger partial charge < -0.3 is 14.1 Å². The third-order valence-corrected chi connectivity index (χ3v) is 7.26. The normalized spacial score (nSPS) is 19.4. The van der Waals surface area contributed by atoms with Crippen molar-refractivity contribution >= 4 is 11.3 Å². The number of aryl methyl sites for hydroxylation is 1. The maximum Gasteiger partial charge on any atom is 0.343 e. The van der Waals surface area contributed by atoms with Gasteiger partial charge in [-0.15, -0.1) is 0 Å². The minimum atomic E-state index is -2.36. The van der Waals surface area contributed by atoms with E-state index >= 15 is 0 Å². The van der Waals surface area contributed by atoms with Crippen LogP contribution in [0.3, 0.4) is 0 Å². The molecule has 2 aromatic rings. The summed E-state index contributed by atoms with van der Waals surface area (Å²) in [5, 5.41) is 11.3. The first kappa shape index (κ1) is 23.2. The summed E-state index contributed by atoms with van der Waals surface area (Å²) in [6.45, 7) is 2.01. The van der Waals surface area contributed by atoms with Crippen LogP contribution in [0.2, 0.25) is 0 Å². The smallest absolute Gasteiger partial charge is 0.343 e. The number of hydrogen-bond donors (Lipinski definition) is 2. The standard InChI is InChI=1S/C25H33NO5S/c1-2-8-20(26-32(29)30)17-9-7-10-18(15-17)22(16-13-14-16)23-24(27)19-11-5-3-4-6-12-21(19)31-25(23)28/h7,9-10,15-16,20,22,26-27H,2-6,8,11-14H2,1H3,(H,29,30)/p-1. The molecule has 3 unspecified atom stereocenters. The second-order valence-electron chi connectivity index (χ2n) is 9.15. The molecule has 32 heavy (non-hydrogen) atoms. The Kier molecular flexibility index (Phi) is 7.48. The summed E-state index contributed by atoms with van der Waals surface area (Å²) in [6.07, 6.45) is 9.10. The van der Waals surface area contributed by atoms with E-state index in [0.29, 0.717) is 24.2 Å². The average Bonchev–Trinajstić information content (AvgIpc) is 3.57. The maximum absolute atomic E-state index is 13.1. The first-order valence-corrected chi connectivity index (χ1v) is 12.9. The lowest BCUT2D eigenvalue weighted by Gasteiger charge is -2.24. The molecule has 0 aliphatic heterocycles. The number of nitrogens with one attached hydrogen (secondary N) is 1. The summed E-state index contributed by atoms with van der Waals surface area (Å²) in [5.41, 5.74) is 2.53. The minimum absolute atomic E-state index is 0.115. The van der Waals surface area contributed by atoms with Crippen LogP contribution in [0.5, 0.6) is 5.75 Å². The SMILES string of the molecule is CCCC(NS(=O)[O-])c1cccc(C(c2c(O)c3c(oc2=O)CCCCCC3)C2CC2)c1. The van der Waals surface area contributed by atoms with Gasteiger partial charge in [0.15, 0.2) is 0 Å². The van der Waals surface area contributed by atoms with E-state index in [0.717, 1.165) is 68.1 Å². The Morgan fingerprint density at radius 3 is 2.59 bits per heavy atom. The molecule has 1 heterocycles. The maximum atomic E-state index is 13.1. The Bertz CT molecular complexity index is 1030. The van der Waals surface area contributed by atoms with Gasteiger partial charge >= 0.3 is 5.63 Å². The first-order chi connectivity index (χ1) is 15.5. The topological polar surface area (TPSA) is 103 Å². The average molecular weight is 459 g/mol. The van der Waals surface area contributed by atoms with E-state index in [2.05, 4.69) is 4.72 Å². The van der Waals surface area contributed by atoms with Crippen molar-refractivity contribution in [3.63, 3.8) is 0 Å². The first-order valence-electron chi connectivity index (χ1n) is 11.8. The van der Waals surface area contributed by atoms with Gasteiger partial charge in [0.05, 0.1) is 5.56 Å². The molecule has 174 valence electrons. The van der Waals surface area contributed by atoms with Crippen LogP contribution in [0.25, 0.3) is 0 Å². The number of fused-ring (bicyclic) bond motifs is 1. The molecule has 0 amide bonds. The number of rotatable bonds is 8. The van der Waals surface area contributed by atoms with Gasteiger partial charge in [-0.3, -0.25) is 4.21 Å². The highest BCUT2D eigenvalue weighted by molar-refractivity contribution is 7.77. The van der Waals surface area contributed by atoms with Gasteiger partial charge in [-0.2, -0.15) is 0 Å². The molecule has 0 radical (unpaired) electrons. The van der Waals surface area contributed by atoms with Crippen LogP contribution >= 0.6 is 0 Å². The van der Waals surface area contributed by atoms with Crippen LogP contribution in [0.15, 0.2) is 33.5 Å². The van der Waals surface area contributed by atoms with Crippen molar-refractivity contribution in [3.8, 4) is 5.75 Å². The number of benzene rings is 1. The molecular formula is C25H32NO5S-. The second-order valence-corrected chi connectivity index (χ2v) is 9.85. The predicted octanol–water partition coefficient (Wildman–Crippen LogP) is 4.77. The zero-order valence-electron chi connectivity index (χ0n) is 18.6. The van der Waals surface area contributed by atoms with Crippen LogP contribution in [0.4, 0.5) is 0 Å². The van der Waals surface area contributed by atoms with E-state index < -0.39 is 16.9 Å². The molecule has 1 aromatic heterocycles. The molecule has 2 aliphatic carbocycles. The summed E-state index contributed by atoms with van der Waals surface area (Å²) in [7, 11) is 0. The van der Waals surface area contributed by atoms with Gasteiger partial charge in [0.2, 0.25) is 0 Å². The van der Waals surface area contributed by atoms with Crippen LogP contribution in [0.1, 0.15) is 98.3 Å². The highest BCUT2D eigenvalue weighted by Crippen LogP contribution is 2.49. The molecule has 0 spiro atoms. The van der Waals surface area contributed by atoms with Crippen molar-refractivity contribution in [2.24, 2.45) is 5.92 Å². The Labute approximate surface area is 191 Å². The van der Waals surface area contributed by atoms with E-state index in [1.807, 2.05) is 31.2 Å². The zero-order chi connectivity index (χ0) is 22.7. The van der Waals surface area contributed by atoms with Crippen molar-refractivity contribution < 1.29 is 18.3 Å². The molecule has 2 aliphatic rings. The lowest BCUT2D eigenvalue weighted by Crippen LogP contribution is -2.24. The Hall–Kier alpha value is -1.96. The molecule has 2 N–H and O–H groups in total. The highest BCUT2D eigenvalue weighted by atomic mass is 32.2. The Morgan fingerprint density at radius 1 is 1.19 bits per heavy atom. The van der Waals surface area contributed by atoms with E-state index in [4.69, 9.17) is 4.42 Å². The van der Waals surface area contributed by atoms with E-state index in [1.54, 1.807) is 0 Å². The molecule has 7 heteroatoms. The fraction of sp³-hybridized carbons (Fsp3) is 0.560. The number of hydrogen-bond acceptors (Lipinski definition) is 5. The van der Waals surface area contributed by atoms with Crippen LogP contribution < -0.4 is 10.3 Å². The summed E-state index contributed by atoms with van der Waals surface area (Å²) < 4.78 is 31.0. The van der Waals surface area contributed by atoms with Gasteiger partial charge in [-0.1, -0.05) is 50.5 Å². The minimum Gasteiger partial charge on any atom is -0.760 e. The molecule has 0 saturated heterocycles. The fourth-order valence-corrected chi connectivity index (χ4v) is 5.55. The van der Waals surface area contributed by atoms with Crippen LogP contribution in [-0.4, -0.2) is 13.9 Å². The molecule has 1 aromatic carbocycles. The van der Waals surface area contributed by atoms with Gasteiger partial charge in [0.1, 0.15) is 11.5 Å². The monoisotopic (exact) mass is 458 g/mol. The molecule has 1 fully saturated rings. The van der Waals surface area contributed by atoms with Gasteiger partial charge in [0.25, 0.3) is 0 Å². The Morgan fingerprint density at radius 2 is 1.91 bits per heavy atom. The van der Waals surface area contributed by atoms with Crippen molar-refractivity contribution in [1.29, 1.82) is 0 Å². The predicted molar refractivity (Wildman–Crippen MR) is 123 cm³/mol. The lowest BCUT2D eigenvalue weighted by atomic mass is 9.84. The van der Waals surface area contributed by atoms with E-state index in [-0.39, 0.29) is 23.6 Å². The summed E-state index contributed by atoms with van der Waals surface area (Å²) in [4.78, 5) is 13.1. The molecule has 1 saturated carbocycles. The molecule has 4 rings (SSSR count). The third kappa shape index (κ3) is 5.16. The summed E-state index contributed by atoms with van der Waals surface area (Å²) in [6, 6.07) is 7.46. The van der Waals surface area contributed by atoms with Crippen LogP contribution in [0, 0.1) is 5.92 Å². The van der Waals surface area contributed by atoms with Gasteiger partial charge in [-0.25, -0.2) is 9.52 Å². The molecule has 6 nitrogen and oxygen atoms in total. The zero-order valence-corrected chi connectivity index (χ0v) is 19.4. The van der Waals surface area contributed by atoms with E-state index in [9.17, 15) is 18.7 Å². The highest BCUT2D eigenvalue weighted by Gasteiger charge is 2.38. The van der Waals surface area contributed by atoms with Crippen molar-refractivity contribution in [2.45, 2.75) is 83.1 Å². The third-order valence-electron chi connectivity index (χ3n) is 6.79. The Balaban J connectivity index is 1.76. The van der Waals surface area contributed by atoms with Crippen molar-refractivity contribution in [1.82, 2.24) is 4.72 Å². The van der Waals surface area contributed by atoms with Gasteiger partial charge in [-0.05, 0) is 55.6 Å². The molecule has 0 bridgehead atoms. The quantitative estimate of drug-likeness (QED) is 0.555. The summed E-state index contributed by atoms with van der Waals surface area (Å²) in [5.74, 6) is 0.785. The number of aromatic hydroxyl groups is 1. The van der Waals surface area contributed by atoms with Gasteiger partial charge in [0, 0.05) is 35.2 Å². The van der Waals surface area contributed by atoms with Crippen molar-refractivity contribution in [2.75, 3.05) is 0 Å². The fourth-order valence-electron chi connectivity index (χ4n) is 5.07. The lowest BCUT2D eigenvalue weighted by molar-refractivity contribution is 0.382. The molecule has 3 atom stereocenters. The molecular weight excluding hydrogens is 426 g/mol. The van der Waals surface area contributed by atoms with E-state index in [1.165, 1.54) is 0 Å². The largest absolute Gasteiger partial charge is 0.760 e. The van der Waals surface area contributed by atoms with Crippen LogP contribution in [-0.2, 0) is 24.1 Å². The summed E-state index contributed by atoms with van der Waals surface area (Å²) >= 11 is -2.36. The van der Waals surface area contributed by atoms with Crippen molar-refractivity contribution in [3.05, 3.63) is 62.7 Å².